The second kappa shape index (κ2) is 11.2. The Balaban J connectivity index is 2.49. The zero-order valence-corrected chi connectivity index (χ0v) is 17.7. The van der Waals surface area contributed by atoms with Crippen LogP contribution in [0.3, 0.4) is 0 Å². The van der Waals surface area contributed by atoms with Crippen LogP contribution in [0.1, 0.15) is 24.9 Å². The number of esters is 2. The summed E-state index contributed by atoms with van der Waals surface area (Å²) in [6.45, 7) is 1.39. The van der Waals surface area contributed by atoms with Crippen molar-refractivity contribution in [1.82, 2.24) is 15.5 Å². The SMILES string of the molecule is CCOC(=O)CCNC(=O)N1C(=O)NC(COC)=C(C(=O)OC)C1c1ccc(F)c(F)c1. The van der Waals surface area contributed by atoms with Crippen LogP contribution in [-0.2, 0) is 23.8 Å². The maximum atomic E-state index is 14.0. The first kappa shape index (κ1) is 24.7. The molecule has 1 aliphatic heterocycles. The van der Waals surface area contributed by atoms with Crippen molar-refractivity contribution in [2.75, 3.05) is 34.0 Å². The molecule has 0 aromatic heterocycles. The standard InChI is InChI=1S/C20H23F2N3O7/c1-4-32-15(26)7-8-23-19(28)25-17(11-5-6-12(21)13(22)9-11)16(18(27)31-3)14(10-30-2)24-20(25)29/h5-6,9,17H,4,7-8,10H2,1-3H3,(H,23,28)(H,24,29). The monoisotopic (exact) mass is 455 g/mol. The minimum atomic E-state index is -1.46. The number of nitrogens with one attached hydrogen (secondary N) is 2. The zero-order chi connectivity index (χ0) is 23.8. The first-order valence-corrected chi connectivity index (χ1v) is 9.54. The van der Waals surface area contributed by atoms with Gasteiger partial charge in [0.25, 0.3) is 0 Å². The smallest absolute Gasteiger partial charge is 0.338 e. The predicted octanol–water partition coefficient (Wildman–Crippen LogP) is 1.77. The first-order valence-electron chi connectivity index (χ1n) is 9.54. The molecule has 2 rings (SSSR count). The van der Waals surface area contributed by atoms with E-state index in [1.165, 1.54) is 7.11 Å². The number of methoxy groups -OCH3 is 2. The van der Waals surface area contributed by atoms with Crippen LogP contribution >= 0.6 is 0 Å². The molecule has 1 aliphatic rings. The van der Waals surface area contributed by atoms with Gasteiger partial charge < -0.3 is 24.8 Å². The number of halogens is 2. The number of carbonyl (C=O) groups is 4. The molecule has 1 aromatic carbocycles. The van der Waals surface area contributed by atoms with Gasteiger partial charge >= 0.3 is 24.0 Å². The predicted molar refractivity (Wildman–Crippen MR) is 105 cm³/mol. The lowest BCUT2D eigenvalue weighted by Gasteiger charge is -2.36. The summed E-state index contributed by atoms with van der Waals surface area (Å²) >= 11 is 0. The molecular formula is C20H23F2N3O7. The largest absolute Gasteiger partial charge is 0.466 e. The molecule has 2 N–H and O–H groups in total. The third kappa shape index (κ3) is 5.58. The molecule has 1 heterocycles. The summed E-state index contributed by atoms with van der Waals surface area (Å²) in [6, 6.07) is -0.691. The van der Waals surface area contributed by atoms with Gasteiger partial charge in [-0.15, -0.1) is 0 Å². The number of rotatable bonds is 8. The van der Waals surface area contributed by atoms with Crippen LogP contribution in [0.15, 0.2) is 29.5 Å². The lowest BCUT2D eigenvalue weighted by molar-refractivity contribution is -0.143. The van der Waals surface area contributed by atoms with E-state index in [1.54, 1.807) is 6.92 Å². The van der Waals surface area contributed by atoms with E-state index in [-0.39, 0.29) is 43.0 Å². The maximum absolute atomic E-state index is 14.0. The van der Waals surface area contributed by atoms with Crippen molar-refractivity contribution in [2.24, 2.45) is 0 Å². The summed E-state index contributed by atoms with van der Waals surface area (Å²) in [6.07, 6.45) is -0.167. The molecular weight excluding hydrogens is 432 g/mol. The van der Waals surface area contributed by atoms with Crippen molar-refractivity contribution >= 4 is 24.0 Å². The number of ether oxygens (including phenoxy) is 3. The molecule has 0 aliphatic carbocycles. The summed E-state index contributed by atoms with van der Waals surface area (Å²) in [4.78, 5) is 50.3. The Labute approximate surface area is 182 Å². The molecule has 0 saturated carbocycles. The minimum Gasteiger partial charge on any atom is -0.466 e. The molecule has 32 heavy (non-hydrogen) atoms. The molecule has 1 aromatic rings. The van der Waals surface area contributed by atoms with Crippen molar-refractivity contribution in [3.05, 3.63) is 46.7 Å². The zero-order valence-electron chi connectivity index (χ0n) is 17.7. The van der Waals surface area contributed by atoms with Gasteiger partial charge in [-0.3, -0.25) is 4.79 Å². The lowest BCUT2D eigenvalue weighted by atomic mass is 9.93. The molecule has 1 atom stereocenters. The molecule has 0 radical (unpaired) electrons. The van der Waals surface area contributed by atoms with E-state index in [4.69, 9.17) is 14.2 Å². The number of imide groups is 1. The molecule has 10 nitrogen and oxygen atoms in total. The molecule has 0 bridgehead atoms. The third-order valence-electron chi connectivity index (χ3n) is 4.42. The van der Waals surface area contributed by atoms with Gasteiger partial charge in [0.15, 0.2) is 11.6 Å². The van der Waals surface area contributed by atoms with Crippen LogP contribution in [0, 0.1) is 11.6 Å². The molecule has 0 fully saturated rings. The summed E-state index contributed by atoms with van der Waals surface area (Å²) in [7, 11) is 2.40. The van der Waals surface area contributed by atoms with Gasteiger partial charge in [-0.05, 0) is 24.6 Å². The highest BCUT2D eigenvalue weighted by Crippen LogP contribution is 2.35. The number of carbonyl (C=O) groups excluding carboxylic acids is 4. The van der Waals surface area contributed by atoms with E-state index in [2.05, 4.69) is 10.6 Å². The topological polar surface area (TPSA) is 123 Å². The Morgan fingerprint density at radius 1 is 1.19 bits per heavy atom. The number of hydrogen-bond acceptors (Lipinski definition) is 7. The van der Waals surface area contributed by atoms with Crippen LogP contribution in [0.4, 0.5) is 18.4 Å². The van der Waals surface area contributed by atoms with Crippen LogP contribution in [0.25, 0.3) is 0 Å². The Morgan fingerprint density at radius 3 is 2.50 bits per heavy atom. The number of benzene rings is 1. The molecule has 12 heteroatoms. The third-order valence-corrected chi connectivity index (χ3v) is 4.42. The fourth-order valence-electron chi connectivity index (χ4n) is 3.07. The van der Waals surface area contributed by atoms with Crippen LogP contribution in [-0.4, -0.2) is 62.9 Å². The fraction of sp³-hybridized carbons (Fsp3) is 0.400. The van der Waals surface area contributed by atoms with Gasteiger partial charge in [-0.2, -0.15) is 0 Å². The van der Waals surface area contributed by atoms with E-state index >= 15 is 0 Å². The highest BCUT2D eigenvalue weighted by atomic mass is 19.2. The van der Waals surface area contributed by atoms with E-state index in [1.807, 2.05) is 0 Å². The van der Waals surface area contributed by atoms with E-state index < -0.39 is 41.7 Å². The first-order chi connectivity index (χ1) is 15.2. The Morgan fingerprint density at radius 2 is 1.91 bits per heavy atom. The van der Waals surface area contributed by atoms with Gasteiger partial charge in [0.1, 0.15) is 6.04 Å². The Kier molecular flexibility index (Phi) is 8.64. The van der Waals surface area contributed by atoms with Gasteiger partial charge in [-0.25, -0.2) is 28.1 Å². The van der Waals surface area contributed by atoms with Crippen molar-refractivity contribution in [3.8, 4) is 0 Å². The summed E-state index contributed by atoms with van der Waals surface area (Å²) in [5.74, 6) is -3.88. The van der Waals surface area contributed by atoms with Crippen molar-refractivity contribution in [2.45, 2.75) is 19.4 Å². The normalized spacial score (nSPS) is 15.8. The second-order valence-electron chi connectivity index (χ2n) is 6.48. The number of urea groups is 2. The van der Waals surface area contributed by atoms with Crippen molar-refractivity contribution < 1.29 is 42.2 Å². The highest BCUT2D eigenvalue weighted by molar-refractivity contribution is 6.01. The molecule has 0 spiro atoms. The number of nitrogens with zero attached hydrogens (tertiary/aromatic N) is 1. The second-order valence-corrected chi connectivity index (χ2v) is 6.48. The molecule has 0 saturated heterocycles. The Hall–Kier alpha value is -3.54. The maximum Gasteiger partial charge on any atom is 0.338 e. The quantitative estimate of drug-likeness (QED) is 0.573. The van der Waals surface area contributed by atoms with Crippen LogP contribution in [0.2, 0.25) is 0 Å². The number of hydrogen-bond donors (Lipinski definition) is 2. The van der Waals surface area contributed by atoms with Crippen LogP contribution < -0.4 is 10.6 Å². The molecule has 4 amide bonds. The average molecular weight is 455 g/mol. The summed E-state index contributed by atoms with van der Waals surface area (Å²) < 4.78 is 42.0. The number of amides is 4. The van der Waals surface area contributed by atoms with Crippen molar-refractivity contribution in [3.63, 3.8) is 0 Å². The van der Waals surface area contributed by atoms with Gasteiger partial charge in [-0.1, -0.05) is 6.07 Å². The van der Waals surface area contributed by atoms with E-state index in [0.29, 0.717) is 4.90 Å². The molecule has 174 valence electrons. The van der Waals surface area contributed by atoms with E-state index in [0.717, 1.165) is 25.3 Å². The Bertz CT molecular complexity index is 936. The average Bonchev–Trinajstić information content (AvgIpc) is 2.75. The van der Waals surface area contributed by atoms with Crippen molar-refractivity contribution in [1.29, 1.82) is 0 Å². The van der Waals surface area contributed by atoms with Gasteiger partial charge in [0, 0.05) is 13.7 Å². The van der Waals surface area contributed by atoms with Gasteiger partial charge in [0.2, 0.25) is 0 Å². The van der Waals surface area contributed by atoms with Gasteiger partial charge in [0.05, 0.1) is 38.0 Å². The minimum absolute atomic E-state index is 0.00495. The highest BCUT2D eigenvalue weighted by Gasteiger charge is 2.43. The molecule has 1 unspecified atom stereocenters. The lowest BCUT2D eigenvalue weighted by Crippen LogP contribution is -2.55. The fourth-order valence-corrected chi connectivity index (χ4v) is 3.07. The van der Waals surface area contributed by atoms with E-state index in [9.17, 15) is 28.0 Å². The summed E-state index contributed by atoms with van der Waals surface area (Å²) in [5, 5.41) is 4.75. The van der Waals surface area contributed by atoms with Crippen LogP contribution in [0.5, 0.6) is 0 Å². The summed E-state index contributed by atoms with van der Waals surface area (Å²) in [5.41, 5.74) is -0.275.